The molecule has 20 heavy (non-hydrogen) atoms. The van der Waals surface area contributed by atoms with Crippen LogP contribution in [0.4, 0.5) is 0 Å². The lowest BCUT2D eigenvalue weighted by molar-refractivity contribution is -0.154. The fourth-order valence-electron chi connectivity index (χ4n) is 2.99. The summed E-state index contributed by atoms with van der Waals surface area (Å²) in [6.07, 6.45) is 1.28. The Bertz CT molecular complexity index is 508. The van der Waals surface area contributed by atoms with Gasteiger partial charge in [-0.3, -0.25) is 14.5 Å². The molecule has 108 valence electrons. The number of amides is 1. The SMILES string of the molecule is CN1OC(C2CCC(=O)N2)N(C)C1c1ccc(Cl)cc1. The summed E-state index contributed by atoms with van der Waals surface area (Å²) in [7, 11) is 3.92. The molecule has 5 nitrogen and oxygen atoms in total. The van der Waals surface area contributed by atoms with Gasteiger partial charge in [-0.1, -0.05) is 23.7 Å². The van der Waals surface area contributed by atoms with Gasteiger partial charge in [0.2, 0.25) is 5.91 Å². The predicted octanol–water partition coefficient (Wildman–Crippen LogP) is 1.75. The van der Waals surface area contributed by atoms with Crippen molar-refractivity contribution in [3.63, 3.8) is 0 Å². The van der Waals surface area contributed by atoms with Gasteiger partial charge in [-0.25, -0.2) is 0 Å². The summed E-state index contributed by atoms with van der Waals surface area (Å²) in [5, 5.41) is 5.53. The molecule has 0 radical (unpaired) electrons. The molecule has 1 aromatic rings. The first-order chi connectivity index (χ1) is 9.56. The minimum Gasteiger partial charge on any atom is -0.349 e. The minimum atomic E-state index is -0.132. The lowest BCUT2D eigenvalue weighted by atomic mass is 10.1. The molecule has 3 rings (SSSR count). The summed E-state index contributed by atoms with van der Waals surface area (Å²) in [5.74, 6) is 0.101. The highest BCUT2D eigenvalue weighted by Crippen LogP contribution is 2.35. The van der Waals surface area contributed by atoms with Gasteiger partial charge in [-0.05, 0) is 31.2 Å². The maximum absolute atomic E-state index is 11.4. The zero-order valence-electron chi connectivity index (χ0n) is 11.5. The van der Waals surface area contributed by atoms with Crippen molar-refractivity contribution in [3.8, 4) is 0 Å². The Balaban J connectivity index is 1.79. The van der Waals surface area contributed by atoms with Crippen LogP contribution in [-0.4, -0.2) is 42.2 Å². The van der Waals surface area contributed by atoms with Crippen molar-refractivity contribution in [2.45, 2.75) is 31.3 Å². The van der Waals surface area contributed by atoms with E-state index in [-0.39, 0.29) is 24.3 Å². The number of hydrogen-bond donors (Lipinski definition) is 1. The summed E-state index contributed by atoms with van der Waals surface area (Å²) in [5.41, 5.74) is 1.12. The van der Waals surface area contributed by atoms with Crippen LogP contribution in [0.3, 0.4) is 0 Å². The topological polar surface area (TPSA) is 44.8 Å². The second kappa shape index (κ2) is 5.33. The molecule has 1 aromatic carbocycles. The van der Waals surface area contributed by atoms with E-state index in [0.717, 1.165) is 17.0 Å². The summed E-state index contributed by atoms with van der Waals surface area (Å²) < 4.78 is 0. The average Bonchev–Trinajstić information content (AvgIpc) is 2.95. The first-order valence-corrected chi connectivity index (χ1v) is 7.10. The van der Waals surface area contributed by atoms with E-state index in [0.29, 0.717) is 6.42 Å². The number of hydrogen-bond acceptors (Lipinski definition) is 4. The van der Waals surface area contributed by atoms with Crippen molar-refractivity contribution in [1.82, 2.24) is 15.3 Å². The van der Waals surface area contributed by atoms with Gasteiger partial charge in [0.25, 0.3) is 0 Å². The van der Waals surface area contributed by atoms with Crippen LogP contribution >= 0.6 is 11.6 Å². The van der Waals surface area contributed by atoms with Crippen molar-refractivity contribution in [2.75, 3.05) is 14.1 Å². The van der Waals surface area contributed by atoms with E-state index in [4.69, 9.17) is 16.4 Å². The third-order valence-electron chi connectivity index (χ3n) is 3.95. The Kier molecular flexibility index (Phi) is 3.69. The molecular weight excluding hydrogens is 278 g/mol. The molecule has 2 aliphatic heterocycles. The summed E-state index contributed by atoms with van der Waals surface area (Å²) in [4.78, 5) is 19.4. The maximum atomic E-state index is 11.4. The first-order valence-electron chi connectivity index (χ1n) is 6.72. The van der Waals surface area contributed by atoms with Crippen molar-refractivity contribution < 1.29 is 9.63 Å². The zero-order chi connectivity index (χ0) is 14.3. The molecule has 0 saturated carbocycles. The fraction of sp³-hybridized carbons (Fsp3) is 0.500. The predicted molar refractivity (Wildman–Crippen MR) is 75.8 cm³/mol. The molecule has 2 fully saturated rings. The van der Waals surface area contributed by atoms with E-state index in [9.17, 15) is 4.79 Å². The number of likely N-dealkylation sites (N-methyl/N-ethyl adjacent to an activating group) is 1. The molecule has 2 heterocycles. The van der Waals surface area contributed by atoms with Gasteiger partial charge in [0.1, 0.15) is 6.17 Å². The lowest BCUT2D eigenvalue weighted by Crippen LogP contribution is -2.44. The number of nitrogens with one attached hydrogen (secondary N) is 1. The maximum Gasteiger partial charge on any atom is 0.220 e. The number of rotatable bonds is 2. The molecule has 2 saturated heterocycles. The smallest absolute Gasteiger partial charge is 0.220 e. The molecule has 3 atom stereocenters. The van der Waals surface area contributed by atoms with Gasteiger partial charge >= 0.3 is 0 Å². The van der Waals surface area contributed by atoms with Crippen LogP contribution < -0.4 is 5.32 Å². The molecule has 3 unspecified atom stereocenters. The van der Waals surface area contributed by atoms with E-state index >= 15 is 0 Å². The number of hydroxylamine groups is 2. The molecule has 0 aromatic heterocycles. The van der Waals surface area contributed by atoms with Crippen LogP contribution in [0.25, 0.3) is 0 Å². The number of benzene rings is 1. The first kappa shape index (κ1) is 13.8. The molecule has 0 spiro atoms. The largest absolute Gasteiger partial charge is 0.349 e. The van der Waals surface area contributed by atoms with Gasteiger partial charge in [-0.2, -0.15) is 5.06 Å². The average molecular weight is 296 g/mol. The molecule has 1 amide bonds. The Labute approximate surface area is 123 Å². The standard InChI is InChI=1S/C14H18ClN3O2/c1-17-13(9-3-5-10(15)6-4-9)18(2)20-14(17)11-7-8-12(19)16-11/h3-6,11,13-14H,7-8H2,1-2H3,(H,16,19). The second-order valence-corrected chi connectivity index (χ2v) is 5.78. The van der Waals surface area contributed by atoms with E-state index < -0.39 is 0 Å². The molecule has 2 aliphatic rings. The second-order valence-electron chi connectivity index (χ2n) is 5.35. The molecule has 6 heteroatoms. The quantitative estimate of drug-likeness (QED) is 0.903. The molecule has 0 aliphatic carbocycles. The normalized spacial score (nSPS) is 31.8. The van der Waals surface area contributed by atoms with Gasteiger partial charge in [0.05, 0.1) is 6.04 Å². The number of carbonyl (C=O) groups is 1. The summed E-state index contributed by atoms with van der Waals surface area (Å²) >= 11 is 5.93. The van der Waals surface area contributed by atoms with Crippen LogP contribution in [0.15, 0.2) is 24.3 Å². The summed E-state index contributed by atoms with van der Waals surface area (Å²) in [6.45, 7) is 0. The number of nitrogens with zero attached hydrogens (tertiary/aromatic N) is 2. The lowest BCUT2D eigenvalue weighted by Gasteiger charge is -2.26. The summed E-state index contributed by atoms with van der Waals surface area (Å²) in [6, 6.07) is 7.80. The van der Waals surface area contributed by atoms with E-state index in [2.05, 4.69) is 10.2 Å². The van der Waals surface area contributed by atoms with E-state index in [1.54, 1.807) is 0 Å². The van der Waals surface area contributed by atoms with Crippen molar-refractivity contribution in [3.05, 3.63) is 34.9 Å². The third-order valence-corrected chi connectivity index (χ3v) is 4.20. The van der Waals surface area contributed by atoms with Gasteiger partial charge in [-0.15, -0.1) is 0 Å². The minimum absolute atomic E-state index is 0.0229. The highest BCUT2D eigenvalue weighted by atomic mass is 35.5. The highest BCUT2D eigenvalue weighted by Gasteiger charge is 2.43. The molecular formula is C14H18ClN3O2. The third kappa shape index (κ3) is 2.42. The van der Waals surface area contributed by atoms with Crippen LogP contribution in [-0.2, 0) is 9.63 Å². The van der Waals surface area contributed by atoms with Crippen LogP contribution in [0.2, 0.25) is 5.02 Å². The monoisotopic (exact) mass is 295 g/mol. The Morgan fingerprint density at radius 1 is 1.30 bits per heavy atom. The Morgan fingerprint density at radius 3 is 2.60 bits per heavy atom. The Hall–Kier alpha value is -1.14. The Morgan fingerprint density at radius 2 is 2.00 bits per heavy atom. The van der Waals surface area contributed by atoms with Crippen molar-refractivity contribution in [2.24, 2.45) is 0 Å². The van der Waals surface area contributed by atoms with Crippen molar-refractivity contribution >= 4 is 17.5 Å². The number of halogens is 1. The number of carbonyl (C=O) groups excluding carboxylic acids is 1. The van der Waals surface area contributed by atoms with E-state index in [1.807, 2.05) is 43.4 Å². The van der Waals surface area contributed by atoms with Crippen LogP contribution in [0.5, 0.6) is 0 Å². The van der Waals surface area contributed by atoms with Crippen LogP contribution in [0, 0.1) is 0 Å². The zero-order valence-corrected chi connectivity index (χ0v) is 12.3. The van der Waals surface area contributed by atoms with Gasteiger partial charge in [0.15, 0.2) is 6.23 Å². The van der Waals surface area contributed by atoms with Crippen LogP contribution in [0.1, 0.15) is 24.6 Å². The molecule has 1 N–H and O–H groups in total. The highest BCUT2D eigenvalue weighted by molar-refractivity contribution is 6.30. The van der Waals surface area contributed by atoms with Crippen molar-refractivity contribution in [1.29, 1.82) is 0 Å². The fourth-order valence-corrected chi connectivity index (χ4v) is 3.11. The van der Waals surface area contributed by atoms with E-state index in [1.165, 1.54) is 0 Å². The van der Waals surface area contributed by atoms with Gasteiger partial charge in [0, 0.05) is 18.5 Å². The molecule has 0 bridgehead atoms. The van der Waals surface area contributed by atoms with Gasteiger partial charge < -0.3 is 5.32 Å².